The van der Waals surface area contributed by atoms with Gasteiger partial charge in [0.25, 0.3) is 11.5 Å². The predicted octanol–water partition coefficient (Wildman–Crippen LogP) is 2.52. The number of anilines is 1. The maximum Gasteiger partial charge on any atom is 0.280 e. The standard InChI is InChI=1S/C20H19N3O5/c1-12-8-9-16(27-2)13(10-12)21-20(26)19-15(24)11-18(25)23(22-19)14-6-4-5-7-17(14)28-3/h4-11,24H,1-3H3,(H,21,26). The van der Waals surface area contributed by atoms with Crippen LogP contribution in [0, 0.1) is 6.92 Å². The van der Waals surface area contributed by atoms with E-state index < -0.39 is 17.2 Å². The van der Waals surface area contributed by atoms with Gasteiger partial charge in [0.05, 0.1) is 19.9 Å². The van der Waals surface area contributed by atoms with Gasteiger partial charge in [-0.1, -0.05) is 18.2 Å². The van der Waals surface area contributed by atoms with E-state index in [1.54, 1.807) is 36.4 Å². The summed E-state index contributed by atoms with van der Waals surface area (Å²) in [7, 11) is 2.94. The Morgan fingerprint density at radius 3 is 2.50 bits per heavy atom. The molecule has 0 radical (unpaired) electrons. The highest BCUT2D eigenvalue weighted by Gasteiger charge is 2.19. The lowest BCUT2D eigenvalue weighted by atomic mass is 10.2. The minimum absolute atomic E-state index is 0.311. The molecule has 0 spiro atoms. The SMILES string of the molecule is COc1ccc(C)cc1NC(=O)c1nn(-c2ccccc2OC)c(=O)cc1O. The molecule has 3 aromatic rings. The summed E-state index contributed by atoms with van der Waals surface area (Å²) < 4.78 is 11.5. The number of benzene rings is 2. The molecule has 0 unspecified atom stereocenters. The number of hydrogen-bond acceptors (Lipinski definition) is 6. The summed E-state index contributed by atoms with van der Waals surface area (Å²) >= 11 is 0. The first-order valence-electron chi connectivity index (χ1n) is 8.37. The smallest absolute Gasteiger partial charge is 0.280 e. The first-order chi connectivity index (χ1) is 13.4. The molecular formula is C20H19N3O5. The van der Waals surface area contributed by atoms with E-state index in [1.807, 2.05) is 13.0 Å². The quantitative estimate of drug-likeness (QED) is 0.704. The molecule has 0 atom stereocenters. The highest BCUT2D eigenvalue weighted by atomic mass is 16.5. The molecule has 0 saturated heterocycles. The second-order valence-corrected chi connectivity index (χ2v) is 5.96. The lowest BCUT2D eigenvalue weighted by Gasteiger charge is -2.13. The Balaban J connectivity index is 2.04. The third kappa shape index (κ3) is 3.66. The summed E-state index contributed by atoms with van der Waals surface area (Å²) in [6.07, 6.45) is 0. The maximum atomic E-state index is 12.7. The number of aromatic nitrogens is 2. The zero-order chi connectivity index (χ0) is 20.3. The van der Waals surface area contributed by atoms with Crippen LogP contribution < -0.4 is 20.3 Å². The van der Waals surface area contributed by atoms with Gasteiger partial charge in [-0.2, -0.15) is 9.78 Å². The van der Waals surface area contributed by atoms with E-state index in [-0.39, 0.29) is 5.69 Å². The Labute approximate surface area is 161 Å². The zero-order valence-corrected chi connectivity index (χ0v) is 15.6. The van der Waals surface area contributed by atoms with Crippen LogP contribution in [0.1, 0.15) is 16.1 Å². The Bertz CT molecular complexity index is 1090. The molecule has 0 aliphatic carbocycles. The Kier molecular flexibility index (Phi) is 5.30. The normalized spacial score (nSPS) is 10.4. The number of para-hydroxylation sites is 2. The Morgan fingerprint density at radius 1 is 1.07 bits per heavy atom. The highest BCUT2D eigenvalue weighted by molar-refractivity contribution is 6.05. The number of carbonyl (C=O) groups excluding carboxylic acids is 1. The van der Waals surface area contributed by atoms with Crippen molar-refractivity contribution in [3.05, 3.63) is 70.1 Å². The van der Waals surface area contributed by atoms with Crippen LogP contribution in [-0.2, 0) is 0 Å². The summed E-state index contributed by atoms with van der Waals surface area (Å²) in [6, 6.07) is 12.9. The molecular weight excluding hydrogens is 362 g/mol. The van der Waals surface area contributed by atoms with Crippen LogP contribution in [-0.4, -0.2) is 35.0 Å². The fourth-order valence-corrected chi connectivity index (χ4v) is 2.69. The van der Waals surface area contributed by atoms with Crippen molar-refractivity contribution < 1.29 is 19.4 Å². The van der Waals surface area contributed by atoms with Crippen molar-refractivity contribution in [2.45, 2.75) is 6.92 Å². The van der Waals surface area contributed by atoms with Crippen LogP contribution in [0.4, 0.5) is 5.69 Å². The second kappa shape index (κ2) is 7.83. The first kappa shape index (κ1) is 19.0. The molecule has 0 saturated carbocycles. The predicted molar refractivity (Wildman–Crippen MR) is 104 cm³/mol. The first-order valence-corrected chi connectivity index (χ1v) is 8.37. The van der Waals surface area contributed by atoms with E-state index in [4.69, 9.17) is 9.47 Å². The Morgan fingerprint density at radius 2 is 1.79 bits per heavy atom. The van der Waals surface area contributed by atoms with E-state index in [9.17, 15) is 14.7 Å². The minimum Gasteiger partial charge on any atom is -0.505 e. The molecule has 3 rings (SSSR count). The Hall–Kier alpha value is -3.81. The van der Waals surface area contributed by atoms with Gasteiger partial charge in [-0.25, -0.2) is 0 Å². The molecule has 1 heterocycles. The molecule has 0 fully saturated rings. The van der Waals surface area contributed by atoms with E-state index in [0.717, 1.165) is 16.3 Å². The summed E-state index contributed by atoms with van der Waals surface area (Å²) in [5.74, 6) is -0.365. The fourth-order valence-electron chi connectivity index (χ4n) is 2.69. The molecule has 28 heavy (non-hydrogen) atoms. The number of amides is 1. The molecule has 1 amide bonds. The lowest BCUT2D eigenvalue weighted by molar-refractivity contribution is 0.101. The summed E-state index contributed by atoms with van der Waals surface area (Å²) in [6.45, 7) is 1.87. The number of nitrogens with one attached hydrogen (secondary N) is 1. The molecule has 1 aromatic heterocycles. The van der Waals surface area contributed by atoms with Crippen molar-refractivity contribution in [1.29, 1.82) is 0 Å². The van der Waals surface area contributed by atoms with Crippen LogP contribution in [0.3, 0.4) is 0 Å². The van der Waals surface area contributed by atoms with Gasteiger partial charge < -0.3 is 19.9 Å². The van der Waals surface area contributed by atoms with Gasteiger partial charge in [0.15, 0.2) is 11.4 Å². The van der Waals surface area contributed by atoms with Crippen molar-refractivity contribution in [1.82, 2.24) is 9.78 Å². The topological polar surface area (TPSA) is 103 Å². The number of ether oxygens (including phenoxy) is 2. The van der Waals surface area contributed by atoms with Gasteiger partial charge in [-0.05, 0) is 36.8 Å². The number of hydrogen-bond donors (Lipinski definition) is 2. The molecule has 2 N–H and O–H groups in total. The van der Waals surface area contributed by atoms with Crippen LogP contribution in [0.2, 0.25) is 0 Å². The monoisotopic (exact) mass is 381 g/mol. The van der Waals surface area contributed by atoms with Gasteiger partial charge in [0.1, 0.15) is 17.2 Å². The molecule has 2 aromatic carbocycles. The molecule has 144 valence electrons. The zero-order valence-electron chi connectivity index (χ0n) is 15.6. The highest BCUT2D eigenvalue weighted by Crippen LogP contribution is 2.27. The van der Waals surface area contributed by atoms with Gasteiger partial charge in [0, 0.05) is 6.07 Å². The number of rotatable bonds is 5. The van der Waals surface area contributed by atoms with E-state index in [2.05, 4.69) is 10.4 Å². The third-order valence-corrected chi connectivity index (χ3v) is 4.04. The average Bonchev–Trinajstić information content (AvgIpc) is 2.68. The van der Waals surface area contributed by atoms with Crippen LogP contribution >= 0.6 is 0 Å². The lowest BCUT2D eigenvalue weighted by Crippen LogP contribution is -2.25. The number of carbonyl (C=O) groups is 1. The maximum absolute atomic E-state index is 12.7. The van der Waals surface area contributed by atoms with Gasteiger partial charge in [-0.15, -0.1) is 0 Å². The van der Waals surface area contributed by atoms with E-state index in [0.29, 0.717) is 22.9 Å². The number of aromatic hydroxyl groups is 1. The largest absolute Gasteiger partial charge is 0.505 e. The summed E-state index contributed by atoms with van der Waals surface area (Å²) in [4.78, 5) is 25.0. The van der Waals surface area contributed by atoms with Crippen LogP contribution in [0.15, 0.2) is 53.3 Å². The van der Waals surface area contributed by atoms with Gasteiger partial charge in [-0.3, -0.25) is 9.59 Å². The van der Waals surface area contributed by atoms with Crippen molar-refractivity contribution >= 4 is 11.6 Å². The van der Waals surface area contributed by atoms with Crippen molar-refractivity contribution in [2.75, 3.05) is 19.5 Å². The second-order valence-electron chi connectivity index (χ2n) is 5.96. The van der Waals surface area contributed by atoms with Gasteiger partial charge in [0.2, 0.25) is 0 Å². The molecule has 0 bridgehead atoms. The summed E-state index contributed by atoms with van der Waals surface area (Å²) in [5, 5.41) is 16.8. The van der Waals surface area contributed by atoms with Gasteiger partial charge >= 0.3 is 0 Å². The van der Waals surface area contributed by atoms with Crippen LogP contribution in [0.5, 0.6) is 17.2 Å². The molecule has 0 aliphatic rings. The minimum atomic E-state index is -0.690. The van der Waals surface area contributed by atoms with Crippen molar-refractivity contribution in [3.8, 4) is 22.9 Å². The van der Waals surface area contributed by atoms with Crippen molar-refractivity contribution in [3.63, 3.8) is 0 Å². The number of aryl methyl sites for hydroxylation is 1. The average molecular weight is 381 g/mol. The molecule has 8 nitrogen and oxygen atoms in total. The molecule has 8 heteroatoms. The van der Waals surface area contributed by atoms with Crippen molar-refractivity contribution in [2.24, 2.45) is 0 Å². The number of methoxy groups -OCH3 is 2. The van der Waals surface area contributed by atoms with E-state index in [1.165, 1.54) is 14.2 Å². The number of nitrogens with zero attached hydrogens (tertiary/aromatic N) is 2. The third-order valence-electron chi connectivity index (χ3n) is 4.04. The van der Waals surface area contributed by atoms with Crippen LogP contribution in [0.25, 0.3) is 5.69 Å². The summed E-state index contributed by atoms with van der Waals surface area (Å²) in [5.41, 5.74) is 0.758. The fraction of sp³-hybridized carbons (Fsp3) is 0.150. The molecule has 0 aliphatic heterocycles. The van der Waals surface area contributed by atoms with E-state index >= 15 is 0 Å².